The number of hydrogen-bond acceptors (Lipinski definition) is 3. The number of rotatable bonds is 3. The van der Waals surface area contributed by atoms with E-state index in [-0.39, 0.29) is 0 Å². The van der Waals surface area contributed by atoms with Crippen LogP contribution >= 0.6 is 0 Å². The van der Waals surface area contributed by atoms with Gasteiger partial charge in [0.25, 0.3) is 0 Å². The van der Waals surface area contributed by atoms with Crippen LogP contribution in [0.4, 0.5) is 0 Å². The van der Waals surface area contributed by atoms with E-state index in [0.29, 0.717) is 6.79 Å². The molecule has 0 spiro atoms. The highest BCUT2D eigenvalue weighted by molar-refractivity contribution is 5.48. The molecule has 0 N–H and O–H groups in total. The molecular formula is C17H18O3. The molecular weight excluding hydrogens is 252 g/mol. The van der Waals surface area contributed by atoms with Crippen molar-refractivity contribution in [3.05, 3.63) is 52.6 Å². The van der Waals surface area contributed by atoms with Gasteiger partial charge in [-0.05, 0) is 54.7 Å². The van der Waals surface area contributed by atoms with Gasteiger partial charge in [0.05, 0.1) is 7.11 Å². The zero-order valence-electron chi connectivity index (χ0n) is 12.0. The number of fused-ring (bicyclic) bond motifs is 1. The van der Waals surface area contributed by atoms with Crippen molar-refractivity contribution in [2.75, 3.05) is 13.9 Å². The molecule has 0 saturated carbocycles. The van der Waals surface area contributed by atoms with Gasteiger partial charge in [-0.3, -0.25) is 0 Å². The highest BCUT2D eigenvalue weighted by atomic mass is 16.7. The van der Waals surface area contributed by atoms with Crippen molar-refractivity contribution in [1.82, 2.24) is 0 Å². The summed E-state index contributed by atoms with van der Waals surface area (Å²) in [4.78, 5) is 0. The van der Waals surface area contributed by atoms with Gasteiger partial charge >= 0.3 is 0 Å². The van der Waals surface area contributed by atoms with Crippen molar-refractivity contribution in [2.45, 2.75) is 20.3 Å². The molecule has 20 heavy (non-hydrogen) atoms. The SMILES string of the molecule is COc1c(C)cc(Cc2ccc3c(c2)OCO3)cc1C. The molecule has 0 fully saturated rings. The quantitative estimate of drug-likeness (QED) is 0.852. The number of benzene rings is 2. The van der Waals surface area contributed by atoms with Gasteiger partial charge in [-0.15, -0.1) is 0 Å². The van der Waals surface area contributed by atoms with E-state index in [2.05, 4.69) is 38.1 Å². The normalized spacial score (nSPS) is 12.6. The Hall–Kier alpha value is -2.16. The van der Waals surface area contributed by atoms with Crippen LogP contribution in [0.1, 0.15) is 22.3 Å². The van der Waals surface area contributed by atoms with E-state index in [9.17, 15) is 0 Å². The Morgan fingerprint density at radius 1 is 0.950 bits per heavy atom. The first-order valence-electron chi connectivity index (χ1n) is 6.70. The summed E-state index contributed by atoms with van der Waals surface area (Å²) >= 11 is 0. The zero-order chi connectivity index (χ0) is 14.1. The van der Waals surface area contributed by atoms with E-state index in [0.717, 1.165) is 23.7 Å². The Labute approximate surface area is 119 Å². The molecule has 0 saturated heterocycles. The second kappa shape index (κ2) is 5.08. The first-order valence-corrected chi connectivity index (χ1v) is 6.70. The summed E-state index contributed by atoms with van der Waals surface area (Å²) in [6.07, 6.45) is 0.877. The minimum Gasteiger partial charge on any atom is -0.496 e. The van der Waals surface area contributed by atoms with Crippen molar-refractivity contribution < 1.29 is 14.2 Å². The summed E-state index contributed by atoms with van der Waals surface area (Å²) in [5.74, 6) is 2.64. The van der Waals surface area contributed by atoms with Gasteiger partial charge < -0.3 is 14.2 Å². The Bertz CT molecular complexity index is 624. The van der Waals surface area contributed by atoms with Gasteiger partial charge in [0.1, 0.15) is 5.75 Å². The molecule has 0 bridgehead atoms. The van der Waals surface area contributed by atoms with Crippen LogP contribution in [0.3, 0.4) is 0 Å². The maximum Gasteiger partial charge on any atom is 0.231 e. The van der Waals surface area contributed by atoms with Crippen LogP contribution in [0.2, 0.25) is 0 Å². The fraction of sp³-hybridized carbons (Fsp3) is 0.294. The second-order valence-electron chi connectivity index (χ2n) is 5.13. The molecule has 0 atom stereocenters. The first kappa shape index (κ1) is 12.9. The molecule has 1 aliphatic rings. The standard InChI is InChI=1S/C17H18O3/c1-11-6-14(7-12(2)17(11)18-3)8-13-4-5-15-16(9-13)20-10-19-15/h4-7,9H,8,10H2,1-3H3. The summed E-state index contributed by atoms with van der Waals surface area (Å²) in [6.45, 7) is 4.48. The van der Waals surface area contributed by atoms with Crippen LogP contribution in [0.25, 0.3) is 0 Å². The molecule has 0 aromatic heterocycles. The molecule has 0 aliphatic carbocycles. The average molecular weight is 270 g/mol. The monoisotopic (exact) mass is 270 g/mol. The predicted octanol–water partition coefficient (Wildman–Crippen LogP) is 3.63. The molecule has 1 aliphatic heterocycles. The number of methoxy groups -OCH3 is 1. The van der Waals surface area contributed by atoms with Crippen LogP contribution in [0, 0.1) is 13.8 Å². The molecule has 104 valence electrons. The fourth-order valence-corrected chi connectivity index (χ4v) is 2.75. The highest BCUT2D eigenvalue weighted by Crippen LogP contribution is 2.33. The van der Waals surface area contributed by atoms with Crippen LogP contribution in [0.5, 0.6) is 17.2 Å². The van der Waals surface area contributed by atoms with Crippen LogP contribution in [0.15, 0.2) is 30.3 Å². The van der Waals surface area contributed by atoms with Crippen LogP contribution in [-0.4, -0.2) is 13.9 Å². The molecule has 3 nitrogen and oxygen atoms in total. The maximum atomic E-state index is 5.42. The van der Waals surface area contributed by atoms with E-state index >= 15 is 0 Å². The summed E-state index contributed by atoms with van der Waals surface area (Å²) < 4.78 is 16.2. The smallest absolute Gasteiger partial charge is 0.231 e. The molecule has 3 rings (SSSR count). The van der Waals surface area contributed by atoms with E-state index in [4.69, 9.17) is 14.2 Å². The summed E-state index contributed by atoms with van der Waals surface area (Å²) in [5.41, 5.74) is 4.84. The number of ether oxygens (including phenoxy) is 3. The first-order chi connectivity index (χ1) is 9.67. The number of hydrogen-bond donors (Lipinski definition) is 0. The molecule has 3 heteroatoms. The van der Waals surface area contributed by atoms with Gasteiger partial charge in [0.15, 0.2) is 11.5 Å². The third-order valence-electron chi connectivity index (χ3n) is 3.57. The Balaban J connectivity index is 1.88. The number of aryl methyl sites for hydroxylation is 2. The second-order valence-corrected chi connectivity index (χ2v) is 5.13. The van der Waals surface area contributed by atoms with Gasteiger partial charge in [0, 0.05) is 0 Å². The van der Waals surface area contributed by atoms with Crippen molar-refractivity contribution in [3.63, 3.8) is 0 Å². The lowest BCUT2D eigenvalue weighted by Crippen LogP contribution is -1.95. The third kappa shape index (κ3) is 2.31. The molecule has 2 aromatic carbocycles. The average Bonchev–Trinajstić information content (AvgIpc) is 2.85. The minimum absolute atomic E-state index is 0.319. The molecule has 0 amide bonds. The van der Waals surface area contributed by atoms with Crippen molar-refractivity contribution in [1.29, 1.82) is 0 Å². The topological polar surface area (TPSA) is 27.7 Å². The fourth-order valence-electron chi connectivity index (χ4n) is 2.75. The molecule has 0 radical (unpaired) electrons. The van der Waals surface area contributed by atoms with Crippen LogP contribution in [-0.2, 0) is 6.42 Å². The van der Waals surface area contributed by atoms with Crippen molar-refractivity contribution in [3.8, 4) is 17.2 Å². The van der Waals surface area contributed by atoms with Crippen molar-refractivity contribution >= 4 is 0 Å². The van der Waals surface area contributed by atoms with Gasteiger partial charge in [-0.1, -0.05) is 18.2 Å². The summed E-state index contributed by atoms with van der Waals surface area (Å²) in [7, 11) is 1.72. The summed E-state index contributed by atoms with van der Waals surface area (Å²) in [6, 6.07) is 10.5. The predicted molar refractivity (Wildman–Crippen MR) is 77.8 cm³/mol. The Morgan fingerprint density at radius 2 is 1.65 bits per heavy atom. The lowest BCUT2D eigenvalue weighted by molar-refractivity contribution is 0.174. The minimum atomic E-state index is 0.319. The zero-order valence-corrected chi connectivity index (χ0v) is 12.0. The van der Waals surface area contributed by atoms with Crippen molar-refractivity contribution in [2.24, 2.45) is 0 Å². The molecule has 1 heterocycles. The van der Waals surface area contributed by atoms with Gasteiger partial charge in [-0.25, -0.2) is 0 Å². The lowest BCUT2D eigenvalue weighted by atomic mass is 9.99. The highest BCUT2D eigenvalue weighted by Gasteiger charge is 2.13. The van der Waals surface area contributed by atoms with Gasteiger partial charge in [0.2, 0.25) is 6.79 Å². The Morgan fingerprint density at radius 3 is 2.35 bits per heavy atom. The van der Waals surface area contributed by atoms with E-state index in [1.54, 1.807) is 7.11 Å². The molecule has 0 unspecified atom stereocenters. The van der Waals surface area contributed by atoms with Crippen LogP contribution < -0.4 is 14.2 Å². The van der Waals surface area contributed by atoms with E-state index < -0.39 is 0 Å². The Kier molecular flexibility index (Phi) is 3.26. The maximum absolute atomic E-state index is 5.42. The lowest BCUT2D eigenvalue weighted by Gasteiger charge is -2.11. The van der Waals surface area contributed by atoms with E-state index in [1.165, 1.54) is 22.3 Å². The van der Waals surface area contributed by atoms with Gasteiger partial charge in [-0.2, -0.15) is 0 Å². The summed E-state index contributed by atoms with van der Waals surface area (Å²) in [5, 5.41) is 0. The van der Waals surface area contributed by atoms with E-state index in [1.807, 2.05) is 6.07 Å². The largest absolute Gasteiger partial charge is 0.496 e. The molecule has 2 aromatic rings. The third-order valence-corrected chi connectivity index (χ3v) is 3.57.